The molecule has 46 heavy (non-hydrogen) atoms. The summed E-state index contributed by atoms with van der Waals surface area (Å²) in [6.07, 6.45) is -3.34. The van der Waals surface area contributed by atoms with Gasteiger partial charge in [0.25, 0.3) is 0 Å². The van der Waals surface area contributed by atoms with E-state index in [0.717, 1.165) is 5.39 Å². The molecule has 246 valence electrons. The summed E-state index contributed by atoms with van der Waals surface area (Å²) in [5, 5.41) is 20.3. The number of sulfone groups is 1. The van der Waals surface area contributed by atoms with Crippen LogP contribution < -0.4 is 4.90 Å². The summed E-state index contributed by atoms with van der Waals surface area (Å²) < 4.78 is 125. The number of nitrogens with zero attached hydrogens (tertiary/aromatic N) is 7. The van der Waals surface area contributed by atoms with Crippen LogP contribution in [0.25, 0.3) is 22.3 Å². The van der Waals surface area contributed by atoms with Crippen LogP contribution in [-0.4, -0.2) is 80.4 Å². The molecule has 4 aromatic heterocycles. The van der Waals surface area contributed by atoms with Crippen LogP contribution in [-0.2, 0) is 14.6 Å². The van der Waals surface area contributed by atoms with Gasteiger partial charge in [-0.05, 0) is 12.5 Å². The number of anilines is 1. The maximum Gasteiger partial charge on any atom is 0.490 e. The Morgan fingerprint density at radius 2 is 1.87 bits per heavy atom. The fourth-order valence-corrected chi connectivity index (χ4v) is 5.92. The van der Waals surface area contributed by atoms with Gasteiger partial charge in [-0.25, -0.2) is 36.9 Å². The number of alkyl halides is 6. The van der Waals surface area contributed by atoms with Crippen molar-refractivity contribution < 1.29 is 53.4 Å². The highest BCUT2D eigenvalue weighted by atomic mass is 32.2. The van der Waals surface area contributed by atoms with E-state index in [0.29, 0.717) is 23.3 Å². The SMILES string of the molecule is N#CC[C@@H]([C@H]1CCN(c2nc(S(=O)(=O)CC(F)(F)F)c(F)cc2F)C1)n1cc(-c2ncnc3[nH]ccc23)cn1.O=C(O)C(F)(F)F. The molecule has 1 aliphatic heterocycles. The predicted octanol–water partition coefficient (Wildman–Crippen LogP) is 4.45. The number of aromatic nitrogens is 6. The highest BCUT2D eigenvalue weighted by Crippen LogP contribution is 2.35. The number of rotatable bonds is 7. The fraction of sp³-hybridized carbons (Fsp3) is 0.360. The highest BCUT2D eigenvalue weighted by molar-refractivity contribution is 7.91. The van der Waals surface area contributed by atoms with E-state index in [1.54, 1.807) is 23.3 Å². The van der Waals surface area contributed by atoms with Gasteiger partial charge in [-0.15, -0.1) is 0 Å². The molecule has 5 rings (SSSR count). The molecule has 2 atom stereocenters. The number of pyridine rings is 1. The maximum atomic E-state index is 14.7. The van der Waals surface area contributed by atoms with Crippen molar-refractivity contribution in [2.24, 2.45) is 5.92 Å². The summed E-state index contributed by atoms with van der Waals surface area (Å²) in [6.45, 7) is 0.219. The molecule has 1 saturated heterocycles. The fourth-order valence-electron chi connectivity index (χ4n) is 4.77. The van der Waals surface area contributed by atoms with Gasteiger partial charge in [0, 0.05) is 48.4 Å². The highest BCUT2D eigenvalue weighted by Gasteiger charge is 2.40. The van der Waals surface area contributed by atoms with E-state index in [-0.39, 0.29) is 31.5 Å². The number of carbonyl (C=O) groups is 1. The zero-order valence-corrected chi connectivity index (χ0v) is 23.7. The zero-order chi connectivity index (χ0) is 34.0. The zero-order valence-electron chi connectivity index (χ0n) is 22.9. The van der Waals surface area contributed by atoms with E-state index in [4.69, 9.17) is 9.90 Å². The molecule has 1 fully saturated rings. The first kappa shape index (κ1) is 34.0. The van der Waals surface area contributed by atoms with E-state index in [2.05, 4.69) is 31.1 Å². The van der Waals surface area contributed by atoms with Crippen molar-refractivity contribution >= 4 is 32.7 Å². The van der Waals surface area contributed by atoms with E-state index >= 15 is 0 Å². The molecule has 21 heteroatoms. The normalized spacial score (nSPS) is 16.2. The molecular formula is C25H20F8N8O4S. The Bertz CT molecular complexity index is 1880. The third-order valence-corrected chi connectivity index (χ3v) is 8.29. The molecule has 0 spiro atoms. The third kappa shape index (κ3) is 7.67. The van der Waals surface area contributed by atoms with Crippen LogP contribution in [0, 0.1) is 28.9 Å². The van der Waals surface area contributed by atoms with E-state index in [9.17, 15) is 48.8 Å². The largest absolute Gasteiger partial charge is 0.490 e. The van der Waals surface area contributed by atoms with Crippen molar-refractivity contribution in [1.82, 2.24) is 29.7 Å². The van der Waals surface area contributed by atoms with Crippen LogP contribution in [0.3, 0.4) is 0 Å². The molecule has 0 bridgehead atoms. The van der Waals surface area contributed by atoms with Gasteiger partial charge in [0.1, 0.15) is 12.0 Å². The van der Waals surface area contributed by atoms with Gasteiger partial charge in [-0.3, -0.25) is 4.68 Å². The summed E-state index contributed by atoms with van der Waals surface area (Å²) in [6, 6.07) is 3.66. The standard InChI is InChI=1S/C23H19F5N8O2S.C2HF3O2/c24-16-7-17(25)22(39(37,38)11-23(26,27)28)34-21(16)35-6-3-13(9-35)18(1-4-29)36-10-14(8-33-36)19-15-2-5-30-20(15)32-12-31-19;3-2(4,5)1(6)7/h2,5,7-8,10,12-13,18H,1,3,6,9,11H2,(H,30,31,32);(H,6,7)/t13-,18-;/m0./s1. The van der Waals surface area contributed by atoms with E-state index in [1.807, 2.05) is 6.07 Å². The number of aliphatic carboxylic acids is 1. The Hall–Kier alpha value is -4.87. The molecule has 0 radical (unpaired) electrons. The molecule has 0 aromatic carbocycles. The Balaban J connectivity index is 0.000000617. The van der Waals surface area contributed by atoms with Gasteiger partial charge in [-0.2, -0.15) is 36.7 Å². The van der Waals surface area contributed by atoms with Crippen molar-refractivity contribution in [1.29, 1.82) is 5.26 Å². The van der Waals surface area contributed by atoms with Crippen molar-refractivity contribution in [3.05, 3.63) is 48.7 Å². The number of carboxylic acids is 1. The minimum absolute atomic E-state index is 0.0352. The van der Waals surface area contributed by atoms with Gasteiger partial charge in [0.05, 0.1) is 30.4 Å². The first-order valence-electron chi connectivity index (χ1n) is 12.8. The summed E-state index contributed by atoms with van der Waals surface area (Å²) in [5.74, 6) is -8.87. The minimum Gasteiger partial charge on any atom is -0.475 e. The van der Waals surface area contributed by atoms with E-state index < -0.39 is 62.4 Å². The predicted molar refractivity (Wildman–Crippen MR) is 141 cm³/mol. The van der Waals surface area contributed by atoms with Gasteiger partial charge in [0.2, 0.25) is 9.84 Å². The molecule has 2 N–H and O–H groups in total. The number of fused-ring (bicyclic) bond motifs is 1. The first-order chi connectivity index (χ1) is 21.4. The Kier molecular flexibility index (Phi) is 9.51. The van der Waals surface area contributed by atoms with Gasteiger partial charge in [0.15, 0.2) is 28.2 Å². The van der Waals surface area contributed by atoms with Crippen molar-refractivity contribution in [2.75, 3.05) is 23.7 Å². The summed E-state index contributed by atoms with van der Waals surface area (Å²) >= 11 is 0. The number of nitrogens with one attached hydrogen (secondary N) is 1. The molecule has 4 aromatic rings. The smallest absolute Gasteiger partial charge is 0.475 e. The van der Waals surface area contributed by atoms with Crippen LogP contribution >= 0.6 is 0 Å². The second-order valence-corrected chi connectivity index (χ2v) is 11.8. The average molecular weight is 681 g/mol. The summed E-state index contributed by atoms with van der Waals surface area (Å²) in [5.41, 5.74) is 1.94. The molecule has 0 amide bonds. The van der Waals surface area contributed by atoms with Crippen molar-refractivity contribution in [2.45, 2.75) is 36.3 Å². The topological polar surface area (TPSA) is 171 Å². The number of H-pyrrole nitrogens is 1. The van der Waals surface area contributed by atoms with E-state index in [1.165, 1.54) is 11.2 Å². The lowest BCUT2D eigenvalue weighted by atomic mass is 9.96. The lowest BCUT2D eigenvalue weighted by Crippen LogP contribution is -2.28. The number of nitriles is 1. The van der Waals surface area contributed by atoms with Crippen molar-refractivity contribution in [3.63, 3.8) is 0 Å². The molecular weight excluding hydrogens is 660 g/mol. The van der Waals surface area contributed by atoms with Gasteiger partial charge in [-0.1, -0.05) is 0 Å². The second kappa shape index (κ2) is 12.9. The van der Waals surface area contributed by atoms with Crippen LogP contribution in [0.1, 0.15) is 18.9 Å². The molecule has 0 saturated carbocycles. The summed E-state index contributed by atoms with van der Waals surface area (Å²) in [7, 11) is -5.21. The Labute approximate surface area is 253 Å². The Morgan fingerprint density at radius 3 is 2.50 bits per heavy atom. The Morgan fingerprint density at radius 1 is 1.17 bits per heavy atom. The minimum atomic E-state index is -5.21. The third-order valence-electron chi connectivity index (χ3n) is 6.71. The number of halogens is 8. The molecule has 1 aliphatic rings. The average Bonchev–Trinajstić information content (AvgIpc) is 3.71. The van der Waals surface area contributed by atoms with Gasteiger partial charge < -0.3 is 15.0 Å². The van der Waals surface area contributed by atoms with Crippen LogP contribution in [0.2, 0.25) is 0 Å². The second-order valence-electron chi connectivity index (χ2n) is 9.85. The number of carboxylic acid groups (broad SMARTS) is 1. The lowest BCUT2D eigenvalue weighted by molar-refractivity contribution is -0.192. The number of aromatic amines is 1. The number of hydrogen-bond acceptors (Lipinski definition) is 9. The molecule has 0 aliphatic carbocycles. The molecule has 0 unspecified atom stereocenters. The van der Waals surface area contributed by atoms with Crippen LogP contribution in [0.5, 0.6) is 0 Å². The maximum absolute atomic E-state index is 14.7. The molecule has 5 heterocycles. The summed E-state index contributed by atoms with van der Waals surface area (Å²) in [4.78, 5) is 25.2. The van der Waals surface area contributed by atoms with Gasteiger partial charge >= 0.3 is 18.3 Å². The quantitative estimate of drug-likeness (QED) is 0.266. The number of hydrogen-bond donors (Lipinski definition) is 2. The van der Waals surface area contributed by atoms with Crippen LogP contribution in [0.4, 0.5) is 40.9 Å². The molecule has 12 nitrogen and oxygen atoms in total. The monoisotopic (exact) mass is 680 g/mol. The van der Waals surface area contributed by atoms with Crippen LogP contribution in [0.15, 0.2) is 42.1 Å². The lowest BCUT2D eigenvalue weighted by Gasteiger charge is -2.23. The first-order valence-corrected chi connectivity index (χ1v) is 14.5. The van der Waals surface area contributed by atoms with Crippen molar-refractivity contribution in [3.8, 4) is 17.3 Å².